The molecule has 0 bridgehead atoms. The predicted octanol–water partition coefficient (Wildman–Crippen LogP) is 5.97. The monoisotopic (exact) mass is 519 g/mol. The van der Waals surface area contributed by atoms with Crippen LogP contribution in [0.15, 0.2) is 90.2 Å². The average Bonchev–Trinajstić information content (AvgIpc) is 3.38. The fourth-order valence-corrected chi connectivity index (χ4v) is 4.59. The molecule has 8 nitrogen and oxygen atoms in total. The summed E-state index contributed by atoms with van der Waals surface area (Å²) in [4.78, 5) is 37.6. The van der Waals surface area contributed by atoms with Gasteiger partial charge >= 0.3 is 0 Å². The fourth-order valence-electron chi connectivity index (χ4n) is 4.59. The lowest BCUT2D eigenvalue weighted by Gasteiger charge is -2.12. The van der Waals surface area contributed by atoms with Gasteiger partial charge in [-0.2, -0.15) is 0 Å². The zero-order valence-corrected chi connectivity index (χ0v) is 21.0. The summed E-state index contributed by atoms with van der Waals surface area (Å²) in [6.45, 7) is 1.88. The molecule has 3 aromatic carbocycles. The smallest absolute Gasteiger partial charge is 0.261 e. The highest BCUT2D eigenvalue weighted by Crippen LogP contribution is 2.36. The average molecular weight is 520 g/mol. The van der Waals surface area contributed by atoms with Crippen LogP contribution in [0, 0.1) is 12.7 Å². The topological polar surface area (TPSA) is 102 Å². The number of hydrogen-bond donors (Lipinski definition) is 2. The molecule has 6 rings (SSSR count). The number of nitrogens with one attached hydrogen (secondary N) is 2. The number of aryl methyl sites for hydroxylation is 2. The minimum Gasteiger partial charge on any atom is -0.435 e. The zero-order chi connectivity index (χ0) is 27.1. The van der Waals surface area contributed by atoms with Crippen LogP contribution >= 0.6 is 0 Å². The molecule has 0 fully saturated rings. The van der Waals surface area contributed by atoms with Crippen molar-refractivity contribution in [3.63, 3.8) is 0 Å². The van der Waals surface area contributed by atoms with Crippen molar-refractivity contribution < 1.29 is 13.9 Å². The first-order chi connectivity index (χ1) is 18.9. The molecule has 192 valence electrons. The lowest BCUT2D eigenvalue weighted by atomic mass is 10.1. The van der Waals surface area contributed by atoms with E-state index in [9.17, 15) is 9.59 Å². The molecule has 1 amide bonds. The van der Waals surface area contributed by atoms with Crippen LogP contribution < -0.4 is 15.5 Å². The van der Waals surface area contributed by atoms with Crippen LogP contribution in [0.5, 0.6) is 11.6 Å². The van der Waals surface area contributed by atoms with Crippen molar-refractivity contribution in [3.05, 3.63) is 113 Å². The lowest BCUT2D eigenvalue weighted by Crippen LogP contribution is -2.23. The number of H-pyrrole nitrogens is 1. The summed E-state index contributed by atoms with van der Waals surface area (Å²) in [5.74, 6) is -1.24. The SMILES string of the molecule is Cc1ccc2c(c1)c(=O)c(C(=O)Nc1ccc(Oc3ncnc4[nH]cc(-c5ccccc5)c34)c(F)c1)cn2C. The third-order valence-corrected chi connectivity index (χ3v) is 6.50. The fraction of sp³-hybridized carbons (Fsp3) is 0.0667. The molecule has 0 saturated carbocycles. The van der Waals surface area contributed by atoms with Gasteiger partial charge in [0, 0.05) is 42.1 Å². The number of carbonyl (C=O) groups excluding carboxylic acids is 1. The molecule has 0 aliphatic heterocycles. The maximum Gasteiger partial charge on any atom is 0.261 e. The lowest BCUT2D eigenvalue weighted by molar-refractivity contribution is 0.102. The molecule has 3 heterocycles. The number of halogens is 1. The molecule has 9 heteroatoms. The van der Waals surface area contributed by atoms with Crippen molar-refractivity contribution >= 4 is 33.5 Å². The van der Waals surface area contributed by atoms with E-state index in [0.29, 0.717) is 21.9 Å². The maximum absolute atomic E-state index is 15.1. The Kier molecular flexibility index (Phi) is 5.88. The number of fused-ring (bicyclic) bond motifs is 2. The largest absolute Gasteiger partial charge is 0.435 e. The Morgan fingerprint density at radius 3 is 2.67 bits per heavy atom. The number of amides is 1. The Bertz CT molecular complexity index is 1950. The van der Waals surface area contributed by atoms with E-state index in [1.165, 1.54) is 24.7 Å². The van der Waals surface area contributed by atoms with E-state index < -0.39 is 17.2 Å². The number of aromatic amines is 1. The van der Waals surface area contributed by atoms with Crippen molar-refractivity contribution in [2.24, 2.45) is 7.05 Å². The van der Waals surface area contributed by atoms with Crippen molar-refractivity contribution in [3.8, 4) is 22.8 Å². The van der Waals surface area contributed by atoms with Gasteiger partial charge in [0.05, 0.1) is 10.9 Å². The van der Waals surface area contributed by atoms with E-state index >= 15 is 4.39 Å². The first-order valence-corrected chi connectivity index (χ1v) is 12.2. The van der Waals surface area contributed by atoms with E-state index in [-0.39, 0.29) is 22.9 Å². The Balaban J connectivity index is 1.29. The molecule has 6 aromatic rings. The molecule has 3 aromatic heterocycles. The van der Waals surface area contributed by atoms with Gasteiger partial charge in [-0.1, -0.05) is 42.0 Å². The van der Waals surface area contributed by atoms with Crippen LogP contribution in [-0.4, -0.2) is 25.4 Å². The summed E-state index contributed by atoms with van der Waals surface area (Å²) in [7, 11) is 1.76. The van der Waals surface area contributed by atoms with Crippen LogP contribution in [0.3, 0.4) is 0 Å². The van der Waals surface area contributed by atoms with E-state index in [4.69, 9.17) is 4.74 Å². The number of anilines is 1. The minimum absolute atomic E-state index is 0.0411. The summed E-state index contributed by atoms with van der Waals surface area (Å²) < 4.78 is 22.7. The van der Waals surface area contributed by atoms with Crippen LogP contribution in [0.1, 0.15) is 15.9 Å². The highest BCUT2D eigenvalue weighted by Gasteiger charge is 2.18. The van der Waals surface area contributed by atoms with Crippen molar-refractivity contribution in [2.75, 3.05) is 5.32 Å². The number of nitrogens with zero attached hydrogens (tertiary/aromatic N) is 3. The molecule has 0 radical (unpaired) electrons. The maximum atomic E-state index is 15.1. The van der Waals surface area contributed by atoms with Gasteiger partial charge in [0.25, 0.3) is 5.91 Å². The third-order valence-electron chi connectivity index (χ3n) is 6.50. The summed E-state index contributed by atoms with van der Waals surface area (Å²) in [6, 6.07) is 19.2. The van der Waals surface area contributed by atoms with Gasteiger partial charge in [0.15, 0.2) is 11.6 Å². The van der Waals surface area contributed by atoms with Crippen molar-refractivity contribution in [2.45, 2.75) is 6.92 Å². The Labute approximate surface area is 221 Å². The molecule has 39 heavy (non-hydrogen) atoms. The predicted molar refractivity (Wildman–Crippen MR) is 148 cm³/mol. The van der Waals surface area contributed by atoms with Crippen LogP contribution in [0.4, 0.5) is 10.1 Å². The van der Waals surface area contributed by atoms with E-state index in [1.54, 1.807) is 23.9 Å². The zero-order valence-electron chi connectivity index (χ0n) is 21.0. The quantitative estimate of drug-likeness (QED) is 0.292. The molecular formula is C30H22FN5O3. The molecule has 0 unspecified atom stereocenters. The van der Waals surface area contributed by atoms with Gasteiger partial charge in [-0.3, -0.25) is 9.59 Å². The summed E-state index contributed by atoms with van der Waals surface area (Å²) in [5.41, 5.74) is 3.66. The number of hydrogen-bond acceptors (Lipinski definition) is 5. The number of rotatable bonds is 5. The van der Waals surface area contributed by atoms with Gasteiger partial charge in [-0.15, -0.1) is 0 Å². The molecule has 0 spiro atoms. The number of ether oxygens (including phenoxy) is 1. The van der Waals surface area contributed by atoms with Gasteiger partial charge in [-0.05, 0) is 36.8 Å². The summed E-state index contributed by atoms with van der Waals surface area (Å²) in [6.07, 6.45) is 4.61. The minimum atomic E-state index is -0.710. The third kappa shape index (κ3) is 4.40. The van der Waals surface area contributed by atoms with E-state index in [2.05, 4.69) is 20.3 Å². The van der Waals surface area contributed by atoms with Crippen LogP contribution in [-0.2, 0) is 7.05 Å². The molecule has 0 atom stereocenters. The standard InChI is InChI=1S/C30H22FN5O3/c1-17-8-10-24-20(12-17)27(37)22(15-36(24)2)29(38)35-19-9-11-25(23(31)13-19)39-30-26-21(18-6-4-3-5-7-18)14-32-28(26)33-16-34-30/h3-16H,1-2H3,(H,35,38)(H,32,33,34). The second-order valence-electron chi connectivity index (χ2n) is 9.18. The summed E-state index contributed by atoms with van der Waals surface area (Å²) >= 11 is 0. The highest BCUT2D eigenvalue weighted by molar-refractivity contribution is 6.06. The van der Waals surface area contributed by atoms with E-state index in [1.807, 2.05) is 49.4 Å². The molecule has 0 aliphatic carbocycles. The van der Waals surface area contributed by atoms with Gasteiger partial charge in [0.2, 0.25) is 11.3 Å². The van der Waals surface area contributed by atoms with Crippen molar-refractivity contribution in [1.29, 1.82) is 0 Å². The number of pyridine rings is 1. The van der Waals surface area contributed by atoms with E-state index in [0.717, 1.165) is 22.8 Å². The Morgan fingerprint density at radius 1 is 1.05 bits per heavy atom. The molecular weight excluding hydrogens is 497 g/mol. The Morgan fingerprint density at radius 2 is 1.87 bits per heavy atom. The van der Waals surface area contributed by atoms with Gasteiger partial charge in [0.1, 0.15) is 17.5 Å². The second kappa shape index (κ2) is 9.53. The number of benzene rings is 3. The number of carbonyl (C=O) groups is 1. The normalized spacial score (nSPS) is 11.2. The Hall–Kier alpha value is -5.31. The van der Waals surface area contributed by atoms with Crippen LogP contribution in [0.2, 0.25) is 0 Å². The molecule has 0 aliphatic rings. The number of aromatic nitrogens is 4. The van der Waals surface area contributed by atoms with Gasteiger partial charge < -0.3 is 19.6 Å². The van der Waals surface area contributed by atoms with Crippen LogP contribution in [0.25, 0.3) is 33.1 Å². The molecule has 2 N–H and O–H groups in total. The second-order valence-corrected chi connectivity index (χ2v) is 9.18. The van der Waals surface area contributed by atoms with Gasteiger partial charge in [-0.25, -0.2) is 14.4 Å². The highest BCUT2D eigenvalue weighted by atomic mass is 19.1. The summed E-state index contributed by atoms with van der Waals surface area (Å²) in [5, 5.41) is 3.67. The molecule has 0 saturated heterocycles. The first kappa shape index (κ1) is 24.1. The van der Waals surface area contributed by atoms with Crippen molar-refractivity contribution in [1.82, 2.24) is 19.5 Å². The first-order valence-electron chi connectivity index (χ1n) is 12.2.